The summed E-state index contributed by atoms with van der Waals surface area (Å²) in [7, 11) is 0. The quantitative estimate of drug-likeness (QED) is 0.126. The molecule has 19 heteroatoms. The van der Waals surface area contributed by atoms with Crippen LogP contribution in [0.25, 0.3) is 0 Å². The number of alkyl halides is 17. The maximum Gasteiger partial charge on any atom is 0.460 e. The highest BCUT2D eigenvalue weighted by Crippen LogP contribution is 2.64. The van der Waals surface area contributed by atoms with Crippen molar-refractivity contribution in [2.75, 3.05) is 6.54 Å². The molecule has 0 radical (unpaired) electrons. The molecule has 0 atom stereocenters. The molecule has 2 nitrogen and oxygen atoms in total. The van der Waals surface area contributed by atoms with Crippen LogP contribution in [0.15, 0.2) is 12.2 Å². The minimum absolute atomic E-state index is 0.00998. The Kier molecular flexibility index (Phi) is 10.1. The summed E-state index contributed by atoms with van der Waals surface area (Å²) in [5, 5.41) is 2.25. The molecule has 0 bridgehead atoms. The highest BCUT2D eigenvalue weighted by atomic mass is 19.4. The highest BCUT2D eigenvalue weighted by Gasteiger charge is 2.95. The molecule has 0 spiro atoms. The largest absolute Gasteiger partial charge is 0.460 e. The summed E-state index contributed by atoms with van der Waals surface area (Å²) in [5.74, 6) is -56.7. The summed E-state index contributed by atoms with van der Waals surface area (Å²) in [4.78, 5) is 11.2. The molecule has 220 valence electrons. The Morgan fingerprint density at radius 2 is 0.919 bits per heavy atom. The fourth-order valence-electron chi connectivity index (χ4n) is 2.53. The van der Waals surface area contributed by atoms with Gasteiger partial charge in [0, 0.05) is 18.5 Å². The zero-order valence-corrected chi connectivity index (χ0v) is 18.3. The molecule has 0 aliphatic heterocycles. The first-order valence-corrected chi connectivity index (χ1v) is 9.73. The Balaban J connectivity index is 5.74. The lowest BCUT2D eigenvalue weighted by Gasteiger charge is -2.42. The number of unbranched alkanes of at least 4 members (excludes halogenated alkanes) is 3. The van der Waals surface area contributed by atoms with Gasteiger partial charge < -0.3 is 5.32 Å². The fraction of sp³-hybridized carbons (Fsp3) is 0.833. The van der Waals surface area contributed by atoms with E-state index in [1.165, 1.54) is 6.92 Å². The van der Waals surface area contributed by atoms with Crippen LogP contribution in [0.3, 0.4) is 0 Å². The van der Waals surface area contributed by atoms with Crippen LogP contribution in [0.2, 0.25) is 0 Å². The lowest BCUT2D eigenvalue weighted by Crippen LogP contribution is -2.74. The fourth-order valence-corrected chi connectivity index (χ4v) is 2.53. The molecule has 1 amide bonds. The van der Waals surface area contributed by atoms with Crippen LogP contribution in [0.4, 0.5) is 74.6 Å². The Bertz CT molecular complexity index is 816. The number of nitrogens with one attached hydrogen (secondary N) is 1. The van der Waals surface area contributed by atoms with Gasteiger partial charge in [-0.25, -0.2) is 0 Å². The predicted molar refractivity (Wildman–Crippen MR) is 91.6 cm³/mol. The molecule has 0 rings (SSSR count). The Morgan fingerprint density at radius 1 is 0.568 bits per heavy atom. The van der Waals surface area contributed by atoms with E-state index >= 15 is 0 Å². The van der Waals surface area contributed by atoms with Crippen molar-refractivity contribution in [2.45, 2.75) is 86.7 Å². The van der Waals surface area contributed by atoms with Crippen LogP contribution >= 0.6 is 0 Å². The van der Waals surface area contributed by atoms with Gasteiger partial charge in [-0.1, -0.05) is 19.4 Å². The van der Waals surface area contributed by atoms with Crippen LogP contribution in [0.1, 0.15) is 39.0 Å². The smallest absolute Gasteiger partial charge is 0.352 e. The normalized spacial score (nSPS) is 15.1. The van der Waals surface area contributed by atoms with Crippen molar-refractivity contribution in [1.82, 2.24) is 5.32 Å². The molecule has 0 aliphatic rings. The SMILES string of the molecule is C=C(C)C(=O)NCCCCCCC(F)(F)C(F)(F)C(F)(F)C(F)(F)C(F)(F)C(F)(F)C(F)(F)C(F)(F)F. The van der Waals surface area contributed by atoms with E-state index in [-0.39, 0.29) is 25.0 Å². The van der Waals surface area contributed by atoms with Gasteiger partial charge in [0.1, 0.15) is 0 Å². The van der Waals surface area contributed by atoms with E-state index < -0.39 is 72.8 Å². The van der Waals surface area contributed by atoms with Gasteiger partial charge in [-0.3, -0.25) is 4.79 Å². The molecule has 0 unspecified atom stereocenters. The van der Waals surface area contributed by atoms with E-state index in [2.05, 4.69) is 11.9 Å². The van der Waals surface area contributed by atoms with E-state index in [9.17, 15) is 79.4 Å². The standard InChI is InChI=1S/C18H18F17NO/c1-9(2)10(37)36-8-6-4-3-5-7-11(19,20)12(21,22)13(23,24)14(25,26)15(27,28)16(29,30)17(31,32)18(33,34)35/h1,3-8H2,2H3,(H,36,37). The molecule has 0 aliphatic carbocycles. The number of rotatable bonds is 14. The number of carbonyl (C=O) groups is 1. The van der Waals surface area contributed by atoms with Gasteiger partial charge in [-0.15, -0.1) is 0 Å². The molecular formula is C18H18F17NO. The maximum absolute atomic E-state index is 13.7. The molecule has 0 saturated carbocycles. The molecule has 0 aromatic rings. The Hall–Kier alpha value is -1.98. The van der Waals surface area contributed by atoms with Gasteiger partial charge in [0.05, 0.1) is 0 Å². The van der Waals surface area contributed by atoms with Crippen molar-refractivity contribution >= 4 is 5.91 Å². The molecule has 0 fully saturated rings. The van der Waals surface area contributed by atoms with E-state index in [1.807, 2.05) is 0 Å². The van der Waals surface area contributed by atoms with Crippen LogP contribution in [0, 0.1) is 0 Å². The van der Waals surface area contributed by atoms with Crippen molar-refractivity contribution in [3.8, 4) is 0 Å². The van der Waals surface area contributed by atoms with Crippen molar-refractivity contribution in [2.24, 2.45) is 0 Å². The number of carbonyl (C=O) groups excluding carboxylic acids is 1. The monoisotopic (exact) mass is 587 g/mol. The molecule has 0 heterocycles. The number of hydrogen-bond donors (Lipinski definition) is 1. The van der Waals surface area contributed by atoms with Gasteiger partial charge in [0.25, 0.3) is 0 Å². The second-order valence-corrected chi connectivity index (χ2v) is 7.85. The molecule has 1 N–H and O–H groups in total. The number of halogens is 17. The van der Waals surface area contributed by atoms with Crippen LogP contribution in [0.5, 0.6) is 0 Å². The lowest BCUT2D eigenvalue weighted by molar-refractivity contribution is -0.461. The van der Waals surface area contributed by atoms with Crippen molar-refractivity contribution in [1.29, 1.82) is 0 Å². The van der Waals surface area contributed by atoms with E-state index in [0.717, 1.165) is 0 Å². The topological polar surface area (TPSA) is 29.1 Å². The number of amides is 1. The predicted octanol–water partition coefficient (Wildman–Crippen LogP) is 7.64. The average Bonchev–Trinajstić information content (AvgIpc) is 2.70. The van der Waals surface area contributed by atoms with Gasteiger partial charge >= 0.3 is 47.6 Å². The molecule has 0 aromatic heterocycles. The molecular weight excluding hydrogens is 569 g/mol. The van der Waals surface area contributed by atoms with Gasteiger partial charge in [-0.05, 0) is 19.8 Å². The summed E-state index contributed by atoms with van der Waals surface area (Å²) in [5.41, 5.74) is 0.0741. The van der Waals surface area contributed by atoms with E-state index in [1.54, 1.807) is 0 Å². The first-order valence-electron chi connectivity index (χ1n) is 9.73. The summed E-state index contributed by atoms with van der Waals surface area (Å²) in [6.45, 7) is 4.48. The second-order valence-electron chi connectivity index (χ2n) is 7.85. The first-order chi connectivity index (χ1) is 16.1. The van der Waals surface area contributed by atoms with Crippen molar-refractivity contribution in [3.05, 3.63) is 12.2 Å². The van der Waals surface area contributed by atoms with E-state index in [4.69, 9.17) is 0 Å². The summed E-state index contributed by atoms with van der Waals surface area (Å²) >= 11 is 0. The van der Waals surface area contributed by atoms with Crippen LogP contribution < -0.4 is 5.32 Å². The number of hydrogen-bond acceptors (Lipinski definition) is 1. The summed E-state index contributed by atoms with van der Waals surface area (Å²) in [6.07, 6.45) is -12.1. The highest BCUT2D eigenvalue weighted by molar-refractivity contribution is 5.91. The maximum atomic E-state index is 13.7. The first kappa shape index (κ1) is 35.0. The summed E-state index contributed by atoms with van der Waals surface area (Å²) in [6, 6.07) is 0. The minimum atomic E-state index is -8.61. The third-order valence-corrected chi connectivity index (χ3v) is 4.88. The zero-order valence-electron chi connectivity index (χ0n) is 18.3. The Morgan fingerprint density at radius 3 is 1.30 bits per heavy atom. The van der Waals surface area contributed by atoms with Crippen LogP contribution in [-0.2, 0) is 4.79 Å². The minimum Gasteiger partial charge on any atom is -0.352 e. The van der Waals surface area contributed by atoms with Crippen LogP contribution in [-0.4, -0.2) is 60.1 Å². The third-order valence-electron chi connectivity index (χ3n) is 4.88. The van der Waals surface area contributed by atoms with Crippen molar-refractivity contribution < 1.29 is 79.4 Å². The molecule has 0 aromatic carbocycles. The van der Waals surface area contributed by atoms with Gasteiger partial charge in [0.2, 0.25) is 5.91 Å². The van der Waals surface area contributed by atoms with Gasteiger partial charge in [0.15, 0.2) is 0 Å². The molecule has 37 heavy (non-hydrogen) atoms. The second kappa shape index (κ2) is 10.6. The Labute approximate surface area is 197 Å². The molecule has 0 saturated heterocycles. The lowest BCUT2D eigenvalue weighted by atomic mass is 9.88. The summed E-state index contributed by atoms with van der Waals surface area (Å²) < 4.78 is 224. The van der Waals surface area contributed by atoms with Gasteiger partial charge in [-0.2, -0.15) is 74.6 Å². The average molecular weight is 587 g/mol. The van der Waals surface area contributed by atoms with E-state index in [0.29, 0.717) is 0 Å². The van der Waals surface area contributed by atoms with Crippen molar-refractivity contribution in [3.63, 3.8) is 0 Å². The third kappa shape index (κ3) is 6.04. The zero-order chi connectivity index (χ0) is 30.1.